The van der Waals surface area contributed by atoms with E-state index in [1.807, 2.05) is 0 Å². The zero-order chi connectivity index (χ0) is 16.2. The van der Waals surface area contributed by atoms with Gasteiger partial charge in [0.25, 0.3) is 0 Å². The molecule has 0 spiro atoms. The van der Waals surface area contributed by atoms with Crippen molar-refractivity contribution in [2.45, 2.75) is 12.5 Å². The summed E-state index contributed by atoms with van der Waals surface area (Å²) in [6, 6.07) is 26.8. The average Bonchev–Trinajstić information content (AvgIpc) is 2.67. The first-order valence-electron chi connectivity index (χ1n) is 8.88. The summed E-state index contributed by atoms with van der Waals surface area (Å²) in [6.45, 7) is 4.35. The lowest BCUT2D eigenvalue weighted by molar-refractivity contribution is 0.164. The summed E-state index contributed by atoms with van der Waals surface area (Å²) in [5, 5.41) is 6.29. The van der Waals surface area contributed by atoms with E-state index in [0.29, 0.717) is 6.04 Å². The third kappa shape index (κ3) is 3.21. The van der Waals surface area contributed by atoms with Crippen molar-refractivity contribution in [1.82, 2.24) is 10.2 Å². The fourth-order valence-corrected chi connectivity index (χ4v) is 3.79. The predicted molar refractivity (Wildman–Crippen MR) is 101 cm³/mol. The number of nitrogens with zero attached hydrogens (tertiary/aromatic N) is 1. The van der Waals surface area contributed by atoms with Gasteiger partial charge in [-0.3, -0.25) is 4.90 Å². The Labute approximate surface area is 144 Å². The molecule has 1 aliphatic heterocycles. The van der Waals surface area contributed by atoms with Crippen LogP contribution in [0.1, 0.15) is 17.2 Å². The zero-order valence-electron chi connectivity index (χ0n) is 14.0. The lowest BCUT2D eigenvalue weighted by Crippen LogP contribution is -2.46. The van der Waals surface area contributed by atoms with Gasteiger partial charge in [0.15, 0.2) is 0 Å². The molecule has 0 bridgehead atoms. The van der Waals surface area contributed by atoms with Crippen molar-refractivity contribution in [3.8, 4) is 0 Å². The number of hydrogen-bond donors (Lipinski definition) is 1. The largest absolute Gasteiger partial charge is 0.314 e. The van der Waals surface area contributed by atoms with Crippen LogP contribution in [0, 0.1) is 0 Å². The molecule has 4 rings (SSSR count). The zero-order valence-corrected chi connectivity index (χ0v) is 14.0. The highest BCUT2D eigenvalue weighted by molar-refractivity contribution is 5.85. The second-order valence-corrected chi connectivity index (χ2v) is 6.55. The minimum absolute atomic E-state index is 0.481. The lowest BCUT2D eigenvalue weighted by Gasteiger charge is -2.36. The molecule has 2 heteroatoms. The van der Waals surface area contributed by atoms with E-state index in [-0.39, 0.29) is 0 Å². The fourth-order valence-electron chi connectivity index (χ4n) is 3.79. The van der Waals surface area contributed by atoms with Crippen LogP contribution in [0.5, 0.6) is 0 Å². The SMILES string of the molecule is c1ccc(C2CNCCN2CCc2cccc3ccccc23)cc1. The maximum absolute atomic E-state index is 3.55. The van der Waals surface area contributed by atoms with Gasteiger partial charge < -0.3 is 5.32 Å². The van der Waals surface area contributed by atoms with Crippen LogP contribution in [-0.2, 0) is 6.42 Å². The van der Waals surface area contributed by atoms with Crippen molar-refractivity contribution in [2.24, 2.45) is 0 Å². The van der Waals surface area contributed by atoms with Crippen molar-refractivity contribution in [3.05, 3.63) is 83.9 Å². The van der Waals surface area contributed by atoms with Crippen LogP contribution >= 0.6 is 0 Å². The van der Waals surface area contributed by atoms with Crippen LogP contribution in [0.4, 0.5) is 0 Å². The van der Waals surface area contributed by atoms with E-state index in [1.54, 1.807) is 0 Å². The number of piperazine rings is 1. The summed E-state index contributed by atoms with van der Waals surface area (Å²) < 4.78 is 0. The molecule has 2 nitrogen and oxygen atoms in total. The van der Waals surface area contributed by atoms with E-state index in [2.05, 4.69) is 83.0 Å². The van der Waals surface area contributed by atoms with E-state index in [1.165, 1.54) is 21.9 Å². The summed E-state index contributed by atoms with van der Waals surface area (Å²) in [7, 11) is 0. The third-order valence-electron chi connectivity index (χ3n) is 5.09. The number of rotatable bonds is 4. The maximum atomic E-state index is 3.55. The third-order valence-corrected chi connectivity index (χ3v) is 5.09. The topological polar surface area (TPSA) is 15.3 Å². The molecule has 1 saturated heterocycles. The Balaban J connectivity index is 1.53. The van der Waals surface area contributed by atoms with Crippen molar-refractivity contribution in [2.75, 3.05) is 26.2 Å². The summed E-state index contributed by atoms with van der Waals surface area (Å²) in [5.74, 6) is 0. The van der Waals surface area contributed by atoms with Crippen LogP contribution in [0.15, 0.2) is 72.8 Å². The molecule has 1 heterocycles. The molecule has 0 aromatic heterocycles. The number of nitrogens with one attached hydrogen (secondary N) is 1. The number of benzene rings is 3. The Kier molecular flexibility index (Phi) is 4.59. The molecule has 1 atom stereocenters. The summed E-state index contributed by atoms with van der Waals surface area (Å²) in [5.41, 5.74) is 2.88. The standard InChI is InChI=1S/C22H24N2/c1-2-8-20(9-3-1)22-17-23-14-16-24(22)15-13-19-11-6-10-18-7-4-5-12-21(18)19/h1-12,22-23H,13-17H2. The first-order valence-corrected chi connectivity index (χ1v) is 8.88. The number of hydrogen-bond acceptors (Lipinski definition) is 2. The van der Waals surface area contributed by atoms with E-state index in [4.69, 9.17) is 0 Å². The second-order valence-electron chi connectivity index (χ2n) is 6.55. The van der Waals surface area contributed by atoms with Gasteiger partial charge in [-0.1, -0.05) is 72.8 Å². The van der Waals surface area contributed by atoms with E-state index in [9.17, 15) is 0 Å². The van der Waals surface area contributed by atoms with E-state index in [0.717, 1.165) is 32.6 Å². The molecule has 3 aromatic rings. The van der Waals surface area contributed by atoms with Crippen LogP contribution in [0.2, 0.25) is 0 Å². The van der Waals surface area contributed by atoms with Gasteiger partial charge in [-0.05, 0) is 28.3 Å². The molecular weight excluding hydrogens is 292 g/mol. The lowest BCUT2D eigenvalue weighted by atomic mass is 10.00. The summed E-state index contributed by atoms with van der Waals surface area (Å²) >= 11 is 0. The average molecular weight is 316 g/mol. The Morgan fingerprint density at radius 2 is 1.67 bits per heavy atom. The molecule has 3 aromatic carbocycles. The van der Waals surface area contributed by atoms with Crippen LogP contribution < -0.4 is 5.32 Å². The summed E-state index contributed by atoms with van der Waals surface area (Å²) in [6.07, 6.45) is 1.10. The molecule has 1 unspecified atom stereocenters. The van der Waals surface area contributed by atoms with Crippen molar-refractivity contribution in [3.63, 3.8) is 0 Å². The van der Waals surface area contributed by atoms with Gasteiger partial charge in [0, 0.05) is 32.2 Å². The minimum Gasteiger partial charge on any atom is -0.314 e. The molecule has 122 valence electrons. The highest BCUT2D eigenvalue weighted by atomic mass is 15.2. The van der Waals surface area contributed by atoms with Crippen molar-refractivity contribution in [1.29, 1.82) is 0 Å². The molecule has 0 saturated carbocycles. The van der Waals surface area contributed by atoms with Crippen LogP contribution in [0.25, 0.3) is 10.8 Å². The maximum Gasteiger partial charge on any atom is 0.0473 e. The van der Waals surface area contributed by atoms with Gasteiger partial charge in [-0.2, -0.15) is 0 Å². The van der Waals surface area contributed by atoms with Gasteiger partial charge >= 0.3 is 0 Å². The van der Waals surface area contributed by atoms with Gasteiger partial charge in [-0.15, -0.1) is 0 Å². The van der Waals surface area contributed by atoms with Crippen LogP contribution in [0.3, 0.4) is 0 Å². The molecule has 1 aliphatic rings. The second kappa shape index (κ2) is 7.16. The molecule has 24 heavy (non-hydrogen) atoms. The Morgan fingerprint density at radius 1 is 0.875 bits per heavy atom. The van der Waals surface area contributed by atoms with Crippen molar-refractivity contribution >= 4 is 10.8 Å². The quantitative estimate of drug-likeness (QED) is 0.782. The van der Waals surface area contributed by atoms with Gasteiger partial charge in [-0.25, -0.2) is 0 Å². The van der Waals surface area contributed by atoms with Gasteiger partial charge in [0.2, 0.25) is 0 Å². The Hall–Kier alpha value is -2.16. The molecule has 0 aliphatic carbocycles. The highest BCUT2D eigenvalue weighted by Crippen LogP contribution is 2.24. The van der Waals surface area contributed by atoms with Crippen molar-refractivity contribution < 1.29 is 0 Å². The molecule has 1 fully saturated rings. The van der Waals surface area contributed by atoms with Crippen LogP contribution in [-0.4, -0.2) is 31.1 Å². The molecule has 1 N–H and O–H groups in total. The van der Waals surface area contributed by atoms with E-state index >= 15 is 0 Å². The van der Waals surface area contributed by atoms with E-state index < -0.39 is 0 Å². The normalized spacial score (nSPS) is 18.8. The molecule has 0 amide bonds. The van der Waals surface area contributed by atoms with Gasteiger partial charge in [0.05, 0.1) is 0 Å². The Bertz CT molecular complexity index is 792. The smallest absolute Gasteiger partial charge is 0.0473 e. The first kappa shape index (κ1) is 15.4. The summed E-state index contributed by atoms with van der Waals surface area (Å²) in [4.78, 5) is 2.63. The number of fused-ring (bicyclic) bond motifs is 1. The monoisotopic (exact) mass is 316 g/mol. The predicted octanol–water partition coefficient (Wildman–Crippen LogP) is 4.03. The highest BCUT2D eigenvalue weighted by Gasteiger charge is 2.23. The first-order chi connectivity index (χ1) is 11.9. The molecule has 0 radical (unpaired) electrons. The molecular formula is C22H24N2. The fraction of sp³-hybridized carbons (Fsp3) is 0.273. The Morgan fingerprint density at radius 3 is 2.58 bits per heavy atom. The van der Waals surface area contributed by atoms with Gasteiger partial charge in [0.1, 0.15) is 0 Å². The minimum atomic E-state index is 0.481.